The van der Waals surface area contributed by atoms with Crippen molar-refractivity contribution in [2.45, 2.75) is 91.9 Å². The maximum atomic E-state index is 11.3. The molecule has 0 atom stereocenters. The lowest BCUT2D eigenvalue weighted by Gasteiger charge is -2.26. The predicted molar refractivity (Wildman–Crippen MR) is 203 cm³/mol. The van der Waals surface area contributed by atoms with Gasteiger partial charge in [0.1, 0.15) is 6.54 Å². The van der Waals surface area contributed by atoms with E-state index in [0.29, 0.717) is 6.42 Å². The number of hydrogen-bond acceptors (Lipinski definition) is 2. The molecule has 4 aromatic carbocycles. The van der Waals surface area contributed by atoms with E-state index in [1.165, 1.54) is 72.2 Å². The third-order valence-corrected chi connectivity index (χ3v) is 10.6. The van der Waals surface area contributed by atoms with Gasteiger partial charge in [0.05, 0.1) is 5.41 Å². The minimum Gasteiger partial charge on any atom is -0.481 e. The number of aryl methyl sites for hydroxylation is 2. The molecule has 2 aliphatic rings. The van der Waals surface area contributed by atoms with Crippen LogP contribution in [0.4, 0.5) is 11.4 Å². The topological polar surface area (TPSA) is 43.5 Å². The third-order valence-electron chi connectivity index (χ3n) is 10.6. The molecule has 0 fully saturated rings. The van der Waals surface area contributed by atoms with E-state index in [4.69, 9.17) is 0 Å². The Labute approximate surface area is 286 Å². The quantitative estimate of drug-likeness (QED) is 0.107. The molecule has 0 aromatic heterocycles. The number of benzene rings is 4. The molecular formula is C44H51N2O2+. The van der Waals surface area contributed by atoms with Gasteiger partial charge in [0.2, 0.25) is 5.69 Å². The molecule has 248 valence electrons. The number of anilines is 1. The first kappa shape index (κ1) is 33.5. The second-order valence-electron chi connectivity index (χ2n) is 14.7. The molecule has 6 rings (SSSR count). The second kappa shape index (κ2) is 12.9. The molecule has 1 N–H and O–H groups in total. The summed E-state index contributed by atoms with van der Waals surface area (Å²) in [5.74, 6) is -0.730. The van der Waals surface area contributed by atoms with Crippen LogP contribution in [0.3, 0.4) is 0 Å². The van der Waals surface area contributed by atoms with Gasteiger partial charge in [0.25, 0.3) is 0 Å². The smallest absolute Gasteiger partial charge is 0.303 e. The van der Waals surface area contributed by atoms with Crippen LogP contribution >= 0.6 is 0 Å². The number of hydrogen-bond donors (Lipinski definition) is 1. The van der Waals surface area contributed by atoms with Gasteiger partial charge in [0.15, 0.2) is 5.71 Å². The van der Waals surface area contributed by atoms with Gasteiger partial charge in [-0.25, -0.2) is 0 Å². The van der Waals surface area contributed by atoms with Gasteiger partial charge in [-0.1, -0.05) is 79.6 Å². The molecule has 4 aromatic rings. The fourth-order valence-corrected chi connectivity index (χ4v) is 8.31. The molecule has 4 heteroatoms. The van der Waals surface area contributed by atoms with Crippen LogP contribution < -0.4 is 4.90 Å². The Kier molecular flexibility index (Phi) is 8.98. The van der Waals surface area contributed by atoms with Gasteiger partial charge < -0.3 is 10.0 Å². The molecule has 0 unspecified atom stereocenters. The van der Waals surface area contributed by atoms with Crippen LogP contribution in [0.1, 0.15) is 89.5 Å². The predicted octanol–water partition coefficient (Wildman–Crippen LogP) is 10.8. The summed E-state index contributed by atoms with van der Waals surface area (Å²) in [6.07, 6.45) is 11.8. The molecule has 0 bridgehead atoms. The highest BCUT2D eigenvalue weighted by atomic mass is 16.4. The lowest BCUT2D eigenvalue weighted by Crippen LogP contribution is -2.27. The average molecular weight is 640 g/mol. The van der Waals surface area contributed by atoms with Crippen LogP contribution in [-0.4, -0.2) is 34.5 Å². The van der Waals surface area contributed by atoms with Crippen molar-refractivity contribution >= 4 is 44.6 Å². The Morgan fingerprint density at radius 2 is 1.44 bits per heavy atom. The number of aliphatic carboxylic acids is 1. The lowest BCUT2D eigenvalue weighted by molar-refractivity contribution is -0.433. The van der Waals surface area contributed by atoms with Crippen LogP contribution in [-0.2, 0) is 15.6 Å². The first-order valence-corrected chi connectivity index (χ1v) is 17.7. The first-order chi connectivity index (χ1) is 22.9. The number of likely N-dealkylation sites (N-methyl/N-ethyl adjacent to an activating group) is 1. The van der Waals surface area contributed by atoms with E-state index in [-0.39, 0.29) is 17.3 Å². The number of allylic oxidation sites excluding steroid dienone is 6. The van der Waals surface area contributed by atoms with Crippen molar-refractivity contribution in [3.8, 4) is 0 Å². The van der Waals surface area contributed by atoms with Crippen molar-refractivity contribution in [1.29, 1.82) is 0 Å². The van der Waals surface area contributed by atoms with Gasteiger partial charge in [-0.3, -0.25) is 4.79 Å². The lowest BCUT2D eigenvalue weighted by atomic mass is 9.78. The molecule has 0 saturated heterocycles. The molecule has 0 radical (unpaired) electrons. The Bertz CT molecular complexity index is 2050. The summed E-state index contributed by atoms with van der Waals surface area (Å²) in [6.45, 7) is 20.0. The van der Waals surface area contributed by atoms with Crippen LogP contribution in [0, 0.1) is 13.8 Å². The van der Waals surface area contributed by atoms with Crippen molar-refractivity contribution in [3.63, 3.8) is 0 Å². The van der Waals surface area contributed by atoms with Crippen LogP contribution in [0.5, 0.6) is 0 Å². The van der Waals surface area contributed by atoms with Crippen molar-refractivity contribution < 1.29 is 14.5 Å². The summed E-state index contributed by atoms with van der Waals surface area (Å²) in [4.78, 5) is 13.8. The van der Waals surface area contributed by atoms with Gasteiger partial charge in [0, 0.05) is 47.5 Å². The number of carboxylic acid groups (broad SMARTS) is 1. The van der Waals surface area contributed by atoms with E-state index in [1.807, 2.05) is 0 Å². The highest BCUT2D eigenvalue weighted by Crippen LogP contribution is 2.51. The highest BCUT2D eigenvalue weighted by Gasteiger charge is 2.45. The van der Waals surface area contributed by atoms with Crippen molar-refractivity contribution in [1.82, 2.24) is 0 Å². The number of fused-ring (bicyclic) bond motifs is 6. The van der Waals surface area contributed by atoms with Crippen molar-refractivity contribution in [2.24, 2.45) is 0 Å². The van der Waals surface area contributed by atoms with E-state index in [2.05, 4.69) is 150 Å². The van der Waals surface area contributed by atoms with Gasteiger partial charge in [-0.15, -0.1) is 0 Å². The fourth-order valence-electron chi connectivity index (χ4n) is 8.31. The van der Waals surface area contributed by atoms with Crippen LogP contribution in [0.25, 0.3) is 21.5 Å². The van der Waals surface area contributed by atoms with E-state index in [9.17, 15) is 9.90 Å². The molecule has 2 aliphatic heterocycles. The Morgan fingerprint density at radius 1 is 0.812 bits per heavy atom. The molecule has 2 heterocycles. The molecule has 0 amide bonds. The number of carboxylic acids is 1. The number of rotatable bonds is 10. The summed E-state index contributed by atoms with van der Waals surface area (Å²) in [7, 11) is 0. The minimum atomic E-state index is -0.730. The summed E-state index contributed by atoms with van der Waals surface area (Å²) >= 11 is 0. The zero-order valence-electron chi connectivity index (χ0n) is 30.1. The number of nitrogens with zero attached hydrogens (tertiary/aromatic N) is 2. The molecule has 48 heavy (non-hydrogen) atoms. The summed E-state index contributed by atoms with van der Waals surface area (Å²) in [5.41, 5.74) is 11.4. The van der Waals surface area contributed by atoms with Gasteiger partial charge >= 0.3 is 5.97 Å². The summed E-state index contributed by atoms with van der Waals surface area (Å²) < 4.78 is 2.47. The zero-order chi connectivity index (χ0) is 34.4. The van der Waals surface area contributed by atoms with Gasteiger partial charge in [-0.05, 0) is 112 Å². The number of unbranched alkanes of at least 4 members (excludes halogenated alkanes) is 1. The largest absolute Gasteiger partial charge is 0.481 e. The average Bonchev–Trinajstić information content (AvgIpc) is 3.41. The second-order valence-corrected chi connectivity index (χ2v) is 14.7. The Hall–Kier alpha value is -4.44. The van der Waals surface area contributed by atoms with Gasteiger partial charge in [-0.2, -0.15) is 4.58 Å². The molecule has 0 saturated carbocycles. The van der Waals surface area contributed by atoms with E-state index in [1.54, 1.807) is 0 Å². The van der Waals surface area contributed by atoms with Crippen LogP contribution in [0.2, 0.25) is 0 Å². The summed E-state index contributed by atoms with van der Waals surface area (Å²) in [6, 6.07) is 22.7. The highest BCUT2D eigenvalue weighted by molar-refractivity contribution is 6.08. The fraction of sp³-hybridized carbons (Fsp3) is 0.364. The SMILES string of the molecule is CCN1/C(=C/C=C(/C=C/C2=[N+](CC)c3ccc4cc(C)ccc4c3C2(C)C)CCCCC(=O)O)C(C)(C)c2c1ccc1cc(C)ccc21. The van der Waals surface area contributed by atoms with Crippen molar-refractivity contribution in [2.75, 3.05) is 18.0 Å². The molecule has 0 spiro atoms. The monoisotopic (exact) mass is 639 g/mol. The number of carbonyl (C=O) groups is 1. The Balaban J connectivity index is 1.41. The normalized spacial score (nSPS) is 17.7. The first-order valence-electron chi connectivity index (χ1n) is 17.7. The molecule has 4 nitrogen and oxygen atoms in total. The standard InChI is InChI=1S/C44H50N2O2/c1-9-45-36-23-19-32-27-29(3)15-21-34(32)41(36)43(5,6)38(45)25-17-31(13-11-12-14-40(47)48)18-26-39-44(7,8)42-35-22-16-30(4)28-33(35)20-24-37(42)46(39)10-2/h15-28H,9-14H2,1-8H3/p+1. The van der Waals surface area contributed by atoms with E-state index in [0.717, 1.165) is 25.9 Å². The van der Waals surface area contributed by atoms with E-state index >= 15 is 0 Å². The maximum absolute atomic E-state index is 11.3. The molecular weight excluding hydrogens is 588 g/mol. The molecule has 0 aliphatic carbocycles. The maximum Gasteiger partial charge on any atom is 0.303 e. The van der Waals surface area contributed by atoms with Crippen molar-refractivity contribution in [3.05, 3.63) is 118 Å². The zero-order valence-corrected chi connectivity index (χ0v) is 30.1. The third kappa shape index (κ3) is 5.80. The van der Waals surface area contributed by atoms with Crippen LogP contribution in [0.15, 0.2) is 96.2 Å². The Morgan fingerprint density at radius 3 is 2.06 bits per heavy atom. The summed E-state index contributed by atoms with van der Waals surface area (Å²) in [5, 5.41) is 14.5. The van der Waals surface area contributed by atoms with E-state index < -0.39 is 5.97 Å². The minimum absolute atomic E-state index is 0.170.